The molecule has 0 rings (SSSR count). The number of carbonyl (C=O) groups is 5. The van der Waals surface area contributed by atoms with E-state index >= 15 is 0 Å². The van der Waals surface area contributed by atoms with Crippen LogP contribution in [0.5, 0.6) is 0 Å². The zero-order valence-electron chi connectivity index (χ0n) is 25.2. The van der Waals surface area contributed by atoms with E-state index in [-0.39, 0.29) is 30.0 Å². The standard InChI is InChI=1S/C30H57N5O6/c31-21-11-1-6-16-26(36)32-22-12-2-7-17-27(37)33-23-13-3-8-18-28(38)34-24-14-4-9-19-29(39)35-25-15-5-10-20-30(40)41/h1-25,31H2,(H,32,36)(H,33,37)(H,34,38)(H,35,39)(H,40,41). The summed E-state index contributed by atoms with van der Waals surface area (Å²) in [5, 5.41) is 20.2. The molecule has 4 amide bonds. The second-order valence-electron chi connectivity index (χ2n) is 10.6. The molecule has 238 valence electrons. The van der Waals surface area contributed by atoms with Crippen LogP contribution in [0.3, 0.4) is 0 Å². The van der Waals surface area contributed by atoms with Gasteiger partial charge >= 0.3 is 5.97 Å². The number of hydrogen-bond donors (Lipinski definition) is 6. The highest BCUT2D eigenvalue weighted by atomic mass is 16.4. The Labute approximate surface area is 246 Å². The molecule has 0 saturated carbocycles. The lowest BCUT2D eigenvalue weighted by Gasteiger charge is -2.07. The van der Waals surface area contributed by atoms with Crippen LogP contribution in [0.2, 0.25) is 0 Å². The van der Waals surface area contributed by atoms with Gasteiger partial charge in [-0.1, -0.05) is 32.1 Å². The Hall–Kier alpha value is -2.69. The normalized spacial score (nSPS) is 10.7. The van der Waals surface area contributed by atoms with E-state index < -0.39 is 5.97 Å². The van der Waals surface area contributed by atoms with Crippen molar-refractivity contribution in [1.29, 1.82) is 0 Å². The van der Waals surface area contributed by atoms with Crippen LogP contribution in [-0.4, -0.2) is 67.4 Å². The van der Waals surface area contributed by atoms with Gasteiger partial charge in [-0.15, -0.1) is 0 Å². The summed E-state index contributed by atoms with van der Waals surface area (Å²) in [7, 11) is 0. The molecule has 0 aromatic carbocycles. The van der Waals surface area contributed by atoms with Crippen molar-refractivity contribution in [3.05, 3.63) is 0 Å². The van der Waals surface area contributed by atoms with Crippen molar-refractivity contribution in [2.75, 3.05) is 32.7 Å². The Morgan fingerprint density at radius 2 is 0.659 bits per heavy atom. The monoisotopic (exact) mass is 583 g/mol. The van der Waals surface area contributed by atoms with Crippen molar-refractivity contribution >= 4 is 29.6 Å². The number of aliphatic carboxylic acids is 1. The fourth-order valence-corrected chi connectivity index (χ4v) is 4.21. The highest BCUT2D eigenvalue weighted by Gasteiger charge is 2.05. The van der Waals surface area contributed by atoms with E-state index in [1.807, 2.05) is 0 Å². The highest BCUT2D eigenvalue weighted by molar-refractivity contribution is 5.77. The number of rotatable bonds is 29. The summed E-state index contributed by atoms with van der Waals surface area (Å²) in [5.41, 5.74) is 5.44. The van der Waals surface area contributed by atoms with Crippen LogP contribution in [0.15, 0.2) is 0 Å². The summed E-state index contributed by atoms with van der Waals surface area (Å²) < 4.78 is 0. The van der Waals surface area contributed by atoms with Gasteiger partial charge in [-0.3, -0.25) is 24.0 Å². The lowest BCUT2D eigenvalue weighted by molar-refractivity contribution is -0.137. The van der Waals surface area contributed by atoms with Crippen molar-refractivity contribution in [2.45, 2.75) is 128 Å². The van der Waals surface area contributed by atoms with Crippen LogP contribution < -0.4 is 27.0 Å². The zero-order valence-corrected chi connectivity index (χ0v) is 25.2. The first-order valence-electron chi connectivity index (χ1n) is 15.8. The molecule has 0 aliphatic rings. The first-order chi connectivity index (χ1) is 19.8. The fourth-order valence-electron chi connectivity index (χ4n) is 4.21. The molecule has 0 radical (unpaired) electrons. The average Bonchev–Trinajstić information content (AvgIpc) is 2.94. The van der Waals surface area contributed by atoms with Crippen molar-refractivity contribution in [2.24, 2.45) is 5.73 Å². The molecule has 11 nitrogen and oxygen atoms in total. The predicted molar refractivity (Wildman–Crippen MR) is 161 cm³/mol. The Bertz CT molecular complexity index is 719. The lowest BCUT2D eigenvalue weighted by Crippen LogP contribution is -2.25. The molecule has 41 heavy (non-hydrogen) atoms. The number of nitrogens with two attached hydrogens (primary N) is 1. The number of amides is 4. The SMILES string of the molecule is NCCCCCC(=O)NCCCCCC(=O)NCCCCCC(=O)NCCCCCC(=O)NCCCCCC(=O)O. The first-order valence-corrected chi connectivity index (χ1v) is 15.8. The van der Waals surface area contributed by atoms with E-state index in [1.165, 1.54) is 0 Å². The molecule has 0 aromatic heterocycles. The molecule has 7 N–H and O–H groups in total. The molecule has 0 unspecified atom stereocenters. The number of hydrogen-bond acceptors (Lipinski definition) is 6. The van der Waals surface area contributed by atoms with Crippen LogP contribution >= 0.6 is 0 Å². The van der Waals surface area contributed by atoms with Crippen molar-refractivity contribution in [3.63, 3.8) is 0 Å². The summed E-state index contributed by atoms with van der Waals surface area (Å²) in [6, 6.07) is 0. The number of unbranched alkanes of at least 4 members (excludes halogenated alkanes) is 10. The number of carboxylic acids is 1. The predicted octanol–water partition coefficient (Wildman–Crippen LogP) is 3.30. The Morgan fingerprint density at radius 1 is 0.390 bits per heavy atom. The van der Waals surface area contributed by atoms with Gasteiger partial charge in [-0.05, 0) is 70.8 Å². The Morgan fingerprint density at radius 3 is 0.927 bits per heavy atom. The maximum Gasteiger partial charge on any atom is 0.303 e. The van der Waals surface area contributed by atoms with Crippen molar-refractivity contribution < 1.29 is 29.1 Å². The quantitative estimate of drug-likeness (QED) is 0.0731. The van der Waals surface area contributed by atoms with Crippen molar-refractivity contribution in [3.8, 4) is 0 Å². The van der Waals surface area contributed by atoms with E-state index in [9.17, 15) is 24.0 Å². The van der Waals surface area contributed by atoms with Gasteiger partial charge in [0.1, 0.15) is 0 Å². The van der Waals surface area contributed by atoms with Gasteiger partial charge in [-0.25, -0.2) is 0 Å². The van der Waals surface area contributed by atoms with Gasteiger partial charge in [0.15, 0.2) is 0 Å². The summed E-state index contributed by atoms with van der Waals surface area (Å²) in [6.07, 6.45) is 14.8. The maximum atomic E-state index is 12.0. The third-order valence-electron chi connectivity index (χ3n) is 6.71. The molecule has 0 fully saturated rings. The lowest BCUT2D eigenvalue weighted by atomic mass is 10.1. The summed E-state index contributed by atoms with van der Waals surface area (Å²) >= 11 is 0. The van der Waals surface area contributed by atoms with Crippen LogP contribution in [0.25, 0.3) is 0 Å². The molecular formula is C30H57N5O6. The molecule has 0 atom stereocenters. The highest BCUT2D eigenvalue weighted by Crippen LogP contribution is 2.04. The minimum atomic E-state index is -0.785. The Kier molecular flexibility index (Phi) is 26.9. The van der Waals surface area contributed by atoms with Crippen LogP contribution in [0.4, 0.5) is 0 Å². The summed E-state index contributed by atoms with van der Waals surface area (Å²) in [4.78, 5) is 57.8. The topological polar surface area (TPSA) is 180 Å². The maximum absolute atomic E-state index is 12.0. The molecule has 0 bridgehead atoms. The van der Waals surface area contributed by atoms with E-state index in [0.717, 1.165) is 89.9 Å². The molecule has 0 aliphatic heterocycles. The molecule has 0 spiro atoms. The van der Waals surface area contributed by atoms with Gasteiger partial charge in [0.05, 0.1) is 0 Å². The zero-order chi connectivity index (χ0) is 30.4. The molecule has 0 aliphatic carbocycles. The number of nitrogens with one attached hydrogen (secondary N) is 4. The molecular weight excluding hydrogens is 526 g/mol. The van der Waals surface area contributed by atoms with E-state index in [2.05, 4.69) is 21.3 Å². The molecule has 11 heteroatoms. The third-order valence-corrected chi connectivity index (χ3v) is 6.71. The summed E-state index contributed by atoms with van der Waals surface area (Å²) in [5.74, 6) is -0.583. The van der Waals surface area contributed by atoms with Gasteiger partial charge in [0.2, 0.25) is 23.6 Å². The second kappa shape index (κ2) is 28.8. The third kappa shape index (κ3) is 30.1. The van der Waals surface area contributed by atoms with E-state index in [0.29, 0.717) is 64.8 Å². The minimum Gasteiger partial charge on any atom is -0.481 e. The molecule has 0 aromatic rings. The Balaban J connectivity index is 3.42. The van der Waals surface area contributed by atoms with Gasteiger partial charge in [0, 0.05) is 58.3 Å². The minimum absolute atomic E-state index is 0.0195. The van der Waals surface area contributed by atoms with E-state index in [1.54, 1.807) is 0 Å². The van der Waals surface area contributed by atoms with Crippen LogP contribution in [-0.2, 0) is 24.0 Å². The first kappa shape index (κ1) is 38.3. The summed E-state index contributed by atoms with van der Waals surface area (Å²) in [6.45, 7) is 3.15. The second-order valence-corrected chi connectivity index (χ2v) is 10.6. The molecule has 0 heterocycles. The van der Waals surface area contributed by atoms with Gasteiger partial charge in [-0.2, -0.15) is 0 Å². The largest absolute Gasteiger partial charge is 0.481 e. The molecule has 0 saturated heterocycles. The van der Waals surface area contributed by atoms with Gasteiger partial charge in [0.25, 0.3) is 0 Å². The average molecular weight is 584 g/mol. The van der Waals surface area contributed by atoms with Crippen molar-refractivity contribution in [1.82, 2.24) is 21.3 Å². The van der Waals surface area contributed by atoms with Crippen LogP contribution in [0.1, 0.15) is 128 Å². The van der Waals surface area contributed by atoms with Crippen LogP contribution in [0, 0.1) is 0 Å². The van der Waals surface area contributed by atoms with E-state index in [4.69, 9.17) is 10.8 Å². The number of carboxylic acid groups (broad SMARTS) is 1. The van der Waals surface area contributed by atoms with Gasteiger partial charge < -0.3 is 32.1 Å². The fraction of sp³-hybridized carbons (Fsp3) is 0.833. The smallest absolute Gasteiger partial charge is 0.303 e. The number of carbonyl (C=O) groups excluding carboxylic acids is 4.